The van der Waals surface area contributed by atoms with Crippen LogP contribution in [0.5, 0.6) is 11.5 Å². The molecule has 10 aromatic carbocycles. The second kappa shape index (κ2) is 57.9. The summed E-state index contributed by atoms with van der Waals surface area (Å²) in [5, 5.41) is 2.89. The number of nitrogens with one attached hydrogen (secondary N) is 1. The summed E-state index contributed by atoms with van der Waals surface area (Å²) in [7, 11) is 1.68. The summed E-state index contributed by atoms with van der Waals surface area (Å²) < 4.78 is 29.9. The zero-order chi connectivity index (χ0) is 76.6. The summed E-state index contributed by atoms with van der Waals surface area (Å²) in [5.41, 5.74) is 19.4. The Morgan fingerprint density at radius 1 is 0.417 bits per heavy atom. The summed E-state index contributed by atoms with van der Waals surface area (Å²) in [6, 6.07) is 92.6. The number of aromatic nitrogens is 1. The summed E-state index contributed by atoms with van der Waals surface area (Å²) in [6.45, 7) is 38.1. The Hall–Kier alpha value is -8.51. The lowest BCUT2D eigenvalue weighted by Gasteiger charge is -2.04. The third kappa shape index (κ3) is 53.0. The number of halogens is 4. The number of methoxy groups -OCH3 is 1. The van der Waals surface area contributed by atoms with Crippen molar-refractivity contribution in [3.63, 3.8) is 0 Å². The molecular weight excluding hydrogens is 1480 g/mol. The number of furan rings is 1. The largest absolute Gasteiger partial charge is 0.497 e. The molecule has 0 saturated heterocycles. The summed E-state index contributed by atoms with van der Waals surface area (Å²) in [6.07, 6.45) is 5.89. The lowest BCUT2D eigenvalue weighted by molar-refractivity contribution is 0.309. The Kier molecular flexibility index (Phi) is 52.0. The number of unbranched alkanes of at least 4 members (excludes halogenated alkanes) is 1. The highest BCUT2D eigenvalue weighted by molar-refractivity contribution is 14.1. The van der Waals surface area contributed by atoms with Gasteiger partial charge in [0.25, 0.3) is 0 Å². The predicted octanol–water partition coefficient (Wildman–Crippen LogP) is 29.5. The van der Waals surface area contributed by atoms with Gasteiger partial charge in [-0.25, -0.2) is 4.39 Å². The van der Waals surface area contributed by atoms with Crippen molar-refractivity contribution in [3.05, 3.63) is 410 Å². The van der Waals surface area contributed by atoms with E-state index < -0.39 is 0 Å². The van der Waals surface area contributed by atoms with Gasteiger partial charge in [0.2, 0.25) is 0 Å². The molecule has 546 valence electrons. The van der Waals surface area contributed by atoms with E-state index in [1.54, 1.807) is 36.8 Å². The number of hydrogen-bond acceptors (Lipinski definition) is 4. The van der Waals surface area contributed by atoms with Crippen LogP contribution in [0, 0.1) is 127 Å². The van der Waals surface area contributed by atoms with Gasteiger partial charge in [0.05, 0.1) is 20.0 Å². The van der Waals surface area contributed by atoms with Crippen LogP contribution in [0.3, 0.4) is 0 Å². The van der Waals surface area contributed by atoms with Crippen LogP contribution in [-0.4, -0.2) is 18.7 Å². The first-order valence-electron chi connectivity index (χ1n) is 34.6. The van der Waals surface area contributed by atoms with Gasteiger partial charge in [-0.3, -0.25) is 0 Å². The zero-order valence-electron chi connectivity index (χ0n) is 64.6. The molecule has 0 aliphatic rings. The van der Waals surface area contributed by atoms with Gasteiger partial charge in [-0.15, -0.1) is 11.3 Å². The van der Waals surface area contributed by atoms with E-state index in [4.69, 9.17) is 25.5 Å². The molecule has 0 amide bonds. The quantitative estimate of drug-likeness (QED) is 0.138. The van der Waals surface area contributed by atoms with E-state index in [2.05, 4.69) is 272 Å². The maximum absolute atomic E-state index is 12.1. The first kappa shape index (κ1) is 92.5. The van der Waals surface area contributed by atoms with Gasteiger partial charge in [0.15, 0.2) is 0 Å². The Morgan fingerprint density at radius 2 is 0.864 bits per heavy atom. The Labute approximate surface area is 652 Å². The fourth-order valence-electron chi connectivity index (χ4n) is 7.85. The van der Waals surface area contributed by atoms with E-state index in [-0.39, 0.29) is 5.82 Å². The molecule has 0 saturated carbocycles. The van der Waals surface area contributed by atoms with Gasteiger partial charge in [-0.05, 0) is 283 Å². The maximum atomic E-state index is 12.1. The minimum atomic E-state index is -0.171. The number of ether oxygens (including phenoxy) is 2. The second-order valence-corrected chi connectivity index (χ2v) is 28.2. The first-order chi connectivity index (χ1) is 49.2. The van der Waals surface area contributed by atoms with Gasteiger partial charge in [0.1, 0.15) is 23.1 Å². The minimum absolute atomic E-state index is 0.171. The lowest BCUT2D eigenvalue weighted by atomic mass is 10.1. The predicted molar refractivity (Wildman–Crippen MR) is 461 cm³/mol. The average molecular weight is 1600 g/mol. The smallest absolute Gasteiger partial charge is 0.123 e. The van der Waals surface area contributed by atoms with E-state index in [1.165, 1.54) is 109 Å². The molecule has 0 spiro atoms. The topological polar surface area (TPSA) is 47.4 Å². The first-order valence-corrected chi connectivity index (χ1v) is 37.7. The van der Waals surface area contributed by atoms with Crippen molar-refractivity contribution in [3.8, 4) is 11.5 Å². The highest BCUT2D eigenvalue weighted by Crippen LogP contribution is 2.16. The van der Waals surface area contributed by atoms with Crippen molar-refractivity contribution in [1.29, 1.82) is 0 Å². The van der Waals surface area contributed by atoms with Gasteiger partial charge in [-0.2, -0.15) is 0 Å². The molecule has 0 radical (unpaired) electrons. The zero-order valence-corrected chi connectivity index (χ0v) is 69.9. The van der Waals surface area contributed by atoms with Crippen LogP contribution in [-0.2, 0) is 0 Å². The number of H-pyrrole nitrogens is 1. The van der Waals surface area contributed by atoms with Crippen molar-refractivity contribution in [2.24, 2.45) is 0 Å². The fraction of sp³-hybridized carbons (Fsp3) is 0.234. The molecular formula is C94H113BrClFINO3S. The number of rotatable bonds is 5. The molecule has 3 heterocycles. The van der Waals surface area contributed by atoms with E-state index in [0.29, 0.717) is 0 Å². The van der Waals surface area contributed by atoms with Crippen LogP contribution >= 0.6 is 61.5 Å². The van der Waals surface area contributed by atoms with E-state index in [9.17, 15) is 4.39 Å². The monoisotopic (exact) mass is 1600 g/mol. The number of benzene rings is 10. The molecule has 13 rings (SSSR count). The van der Waals surface area contributed by atoms with Crippen LogP contribution in [0.25, 0.3) is 0 Å². The van der Waals surface area contributed by atoms with E-state index in [1.807, 2.05) is 162 Å². The summed E-state index contributed by atoms with van der Waals surface area (Å²) in [4.78, 5) is 4.38. The van der Waals surface area contributed by atoms with Crippen molar-refractivity contribution in [2.45, 2.75) is 137 Å². The molecule has 3 aromatic heterocycles. The number of aryl methyl sites for hydroxylation is 17. The van der Waals surface area contributed by atoms with Gasteiger partial charge < -0.3 is 18.9 Å². The Bertz CT molecular complexity index is 3750. The molecule has 9 heteroatoms. The van der Waals surface area contributed by atoms with Gasteiger partial charge >= 0.3 is 0 Å². The summed E-state index contributed by atoms with van der Waals surface area (Å²) in [5.74, 6) is 2.71. The fourth-order valence-corrected chi connectivity index (χ4v) is 9.26. The minimum Gasteiger partial charge on any atom is -0.497 e. The standard InChI is InChI=1S/C11H16O.C9H12.C8H10O.2C8H10.C7H7Br.C7H7Cl.C7H7F.C7H7I.C7H8.C5H7N.C5H6O.C5H6S/c1-3-4-8-12-11-7-5-6-10(2)9-11;1-7-4-5-8(2)9(3)6-7;1-7-4-3-5-8(6-7)9-2;2*1-7-3-5-8(2)6-4-7;1-6-4-2-3-5-7(6)8;1-6-3-2-4-7(8)5-6;2*1-6-2-4-7(8)5-3-6;1-7-5-3-2-4-6-7;3*1-5-3-2-4-6-5/h5-7,9H,3-4,8H2,1-2H3;4-6H,1-3H3;3-6H,1-2H3;2*3-6H,1-2H3;4*2-5H,1H3;2-6H,1H3;2-4,6H,1H3;2*2-4H,1H3. The SMILES string of the molecule is CCCCOc1cccc(C)c1.COc1cccc(C)c1.Cc1ccc(C)c(C)c1.Cc1ccc(C)cc1.Cc1ccc(C)cc1.Cc1ccc(F)cc1.Cc1ccc(I)cc1.Cc1ccc[nH]1.Cc1cccc(Cl)c1.Cc1ccccc1.Cc1ccccc1Br.Cc1ccco1.Cc1cccs1. The van der Waals surface area contributed by atoms with Gasteiger partial charge in [-0.1, -0.05) is 267 Å². The normalized spacial score (nSPS) is 9.23. The highest BCUT2D eigenvalue weighted by Gasteiger charge is 1.94. The molecule has 103 heavy (non-hydrogen) atoms. The number of thiophene rings is 1. The maximum Gasteiger partial charge on any atom is 0.123 e. The molecule has 4 nitrogen and oxygen atoms in total. The molecule has 0 unspecified atom stereocenters. The molecule has 0 aliphatic heterocycles. The highest BCUT2D eigenvalue weighted by atomic mass is 127. The molecule has 13 aromatic rings. The number of hydrogen-bond donors (Lipinski definition) is 1. The summed E-state index contributed by atoms with van der Waals surface area (Å²) >= 11 is 13.1. The number of aromatic amines is 1. The molecule has 1 N–H and O–H groups in total. The van der Waals surface area contributed by atoms with Crippen molar-refractivity contribution >= 4 is 61.5 Å². The second-order valence-electron chi connectivity index (χ2n) is 24.5. The Balaban J connectivity index is 0.000000560. The molecule has 0 atom stereocenters. The van der Waals surface area contributed by atoms with Crippen LogP contribution in [0.1, 0.15) is 114 Å². The third-order valence-electron chi connectivity index (χ3n) is 14.2. The van der Waals surface area contributed by atoms with Crippen LogP contribution in [0.4, 0.5) is 4.39 Å². The molecule has 0 aliphatic carbocycles. The van der Waals surface area contributed by atoms with E-state index >= 15 is 0 Å². The van der Waals surface area contributed by atoms with E-state index in [0.717, 1.165) is 40.9 Å². The molecule has 0 fully saturated rings. The van der Waals surface area contributed by atoms with Crippen LogP contribution < -0.4 is 9.47 Å². The third-order valence-corrected chi connectivity index (χ3v) is 16.8. The average Bonchev–Trinajstić information content (AvgIpc) is 1.56. The van der Waals surface area contributed by atoms with Gasteiger partial charge in [0, 0.05) is 29.8 Å². The van der Waals surface area contributed by atoms with Crippen LogP contribution in [0.2, 0.25) is 5.02 Å². The van der Waals surface area contributed by atoms with Crippen LogP contribution in [0.15, 0.2) is 306 Å². The lowest BCUT2D eigenvalue weighted by Crippen LogP contribution is -1.96. The van der Waals surface area contributed by atoms with Crippen molar-refractivity contribution in [2.75, 3.05) is 13.7 Å². The van der Waals surface area contributed by atoms with Crippen molar-refractivity contribution < 1.29 is 18.3 Å². The van der Waals surface area contributed by atoms with Crippen molar-refractivity contribution in [1.82, 2.24) is 4.98 Å². The molecule has 0 bridgehead atoms. The Morgan fingerprint density at radius 3 is 1.16 bits per heavy atom.